The minimum atomic E-state index is 0.0262. The molecule has 0 saturated heterocycles. The third-order valence-corrected chi connectivity index (χ3v) is 1.87. The Hall–Kier alpha value is -0.910. The molecule has 1 aromatic heterocycles. The Labute approximate surface area is 68.1 Å². The van der Waals surface area contributed by atoms with Crippen molar-refractivity contribution in [3.8, 4) is 0 Å². The van der Waals surface area contributed by atoms with Crippen LogP contribution >= 0.6 is 11.3 Å². The molecular formula is C6H8N2O2S. The van der Waals surface area contributed by atoms with E-state index >= 15 is 0 Å². The highest BCUT2D eigenvalue weighted by Crippen LogP contribution is 2.11. The summed E-state index contributed by atoms with van der Waals surface area (Å²) in [6.45, 7) is 3.71. The monoisotopic (exact) mass is 172 g/mol. The fourth-order valence-electron chi connectivity index (χ4n) is 0.567. The molecule has 11 heavy (non-hydrogen) atoms. The SMILES string of the molecule is C=C(NCOO)c1nccs1. The molecule has 1 heterocycles. The first-order chi connectivity index (χ1) is 5.34. The van der Waals surface area contributed by atoms with Crippen molar-refractivity contribution < 1.29 is 10.1 Å². The van der Waals surface area contributed by atoms with Gasteiger partial charge in [0.05, 0.1) is 5.70 Å². The van der Waals surface area contributed by atoms with Gasteiger partial charge in [-0.1, -0.05) is 6.58 Å². The lowest BCUT2D eigenvalue weighted by atomic mass is 10.5. The van der Waals surface area contributed by atoms with Crippen LogP contribution in [0.4, 0.5) is 0 Å². The van der Waals surface area contributed by atoms with Crippen LogP contribution in [-0.4, -0.2) is 17.0 Å². The van der Waals surface area contributed by atoms with Crippen LogP contribution < -0.4 is 5.32 Å². The van der Waals surface area contributed by atoms with Gasteiger partial charge in [0, 0.05) is 11.6 Å². The molecule has 1 aromatic rings. The molecular weight excluding hydrogens is 164 g/mol. The zero-order valence-electron chi connectivity index (χ0n) is 5.78. The van der Waals surface area contributed by atoms with E-state index in [4.69, 9.17) is 5.26 Å². The molecule has 0 aliphatic heterocycles. The zero-order chi connectivity index (χ0) is 8.10. The van der Waals surface area contributed by atoms with Gasteiger partial charge in [-0.3, -0.25) is 0 Å². The van der Waals surface area contributed by atoms with Gasteiger partial charge in [0.2, 0.25) is 0 Å². The number of rotatable bonds is 4. The van der Waals surface area contributed by atoms with Crippen LogP contribution in [0.2, 0.25) is 0 Å². The zero-order valence-corrected chi connectivity index (χ0v) is 6.60. The highest BCUT2D eigenvalue weighted by molar-refractivity contribution is 7.10. The summed E-state index contributed by atoms with van der Waals surface area (Å²) < 4.78 is 0. The lowest BCUT2D eigenvalue weighted by Gasteiger charge is -2.02. The summed E-state index contributed by atoms with van der Waals surface area (Å²) >= 11 is 1.47. The van der Waals surface area contributed by atoms with Gasteiger partial charge in [0.1, 0.15) is 5.01 Å². The second kappa shape index (κ2) is 4.07. The van der Waals surface area contributed by atoms with E-state index in [1.807, 2.05) is 5.38 Å². The maximum atomic E-state index is 7.99. The van der Waals surface area contributed by atoms with Gasteiger partial charge in [0.15, 0.2) is 6.73 Å². The van der Waals surface area contributed by atoms with Crippen LogP contribution in [0, 0.1) is 0 Å². The fourth-order valence-corrected chi connectivity index (χ4v) is 1.15. The van der Waals surface area contributed by atoms with E-state index < -0.39 is 0 Å². The molecule has 0 unspecified atom stereocenters. The topological polar surface area (TPSA) is 54.4 Å². The predicted octanol–water partition coefficient (Wildman–Crippen LogP) is 1.15. The third kappa shape index (κ3) is 2.30. The molecule has 0 radical (unpaired) electrons. The van der Waals surface area contributed by atoms with E-state index in [9.17, 15) is 0 Å². The first kappa shape index (κ1) is 8.19. The molecule has 0 atom stereocenters. The molecule has 60 valence electrons. The van der Waals surface area contributed by atoms with Crippen molar-refractivity contribution in [1.29, 1.82) is 0 Å². The summed E-state index contributed by atoms with van der Waals surface area (Å²) in [4.78, 5) is 7.80. The average molecular weight is 172 g/mol. The summed E-state index contributed by atoms with van der Waals surface area (Å²) in [5.41, 5.74) is 0.647. The standard InChI is InChI=1S/C6H8N2O2S/c1-5(8-4-10-9)6-7-2-3-11-6/h2-3,8-9H,1,4H2. The van der Waals surface area contributed by atoms with Crippen LogP contribution in [0.5, 0.6) is 0 Å². The van der Waals surface area contributed by atoms with Crippen molar-refractivity contribution in [2.75, 3.05) is 6.73 Å². The number of hydrogen-bond donors (Lipinski definition) is 2. The van der Waals surface area contributed by atoms with Gasteiger partial charge >= 0.3 is 0 Å². The van der Waals surface area contributed by atoms with Crippen LogP contribution in [-0.2, 0) is 4.89 Å². The van der Waals surface area contributed by atoms with Crippen molar-refractivity contribution in [1.82, 2.24) is 10.3 Å². The molecule has 0 aliphatic carbocycles. The molecule has 0 fully saturated rings. The second-order valence-electron chi connectivity index (χ2n) is 1.77. The maximum Gasteiger partial charge on any atom is 0.151 e. The number of nitrogens with zero attached hydrogens (tertiary/aromatic N) is 1. The highest BCUT2D eigenvalue weighted by atomic mass is 32.1. The summed E-state index contributed by atoms with van der Waals surface area (Å²) in [5.74, 6) is 0. The van der Waals surface area contributed by atoms with Crippen LogP contribution in [0.3, 0.4) is 0 Å². The largest absolute Gasteiger partial charge is 0.358 e. The average Bonchev–Trinajstić information content (AvgIpc) is 2.52. The molecule has 5 heteroatoms. The summed E-state index contributed by atoms with van der Waals surface area (Å²) in [6.07, 6.45) is 1.69. The molecule has 0 aliphatic rings. The number of thiazole rings is 1. The Balaban J connectivity index is 2.43. The summed E-state index contributed by atoms with van der Waals surface area (Å²) in [6, 6.07) is 0. The molecule has 2 N–H and O–H groups in total. The summed E-state index contributed by atoms with van der Waals surface area (Å²) in [7, 11) is 0. The minimum Gasteiger partial charge on any atom is -0.358 e. The van der Waals surface area contributed by atoms with Crippen molar-refractivity contribution in [2.45, 2.75) is 0 Å². The van der Waals surface area contributed by atoms with Gasteiger partial charge in [-0.15, -0.1) is 11.3 Å². The molecule has 4 nitrogen and oxygen atoms in total. The number of nitrogens with one attached hydrogen (secondary N) is 1. The molecule has 0 amide bonds. The van der Waals surface area contributed by atoms with E-state index in [1.165, 1.54) is 11.3 Å². The minimum absolute atomic E-state index is 0.0262. The molecule has 0 bridgehead atoms. The first-order valence-corrected chi connectivity index (χ1v) is 3.81. The number of aromatic nitrogens is 1. The quantitative estimate of drug-likeness (QED) is 0.406. The number of hydrogen-bond acceptors (Lipinski definition) is 5. The first-order valence-electron chi connectivity index (χ1n) is 2.93. The normalized spacial score (nSPS) is 9.55. The molecule has 0 aromatic carbocycles. The highest BCUT2D eigenvalue weighted by Gasteiger charge is 1.98. The smallest absolute Gasteiger partial charge is 0.151 e. The predicted molar refractivity (Wildman–Crippen MR) is 42.9 cm³/mol. The van der Waals surface area contributed by atoms with Gasteiger partial charge in [-0.25, -0.2) is 15.1 Å². The Morgan fingerprint density at radius 3 is 3.27 bits per heavy atom. The van der Waals surface area contributed by atoms with Crippen molar-refractivity contribution in [2.24, 2.45) is 0 Å². The van der Waals surface area contributed by atoms with Crippen LogP contribution in [0.1, 0.15) is 5.01 Å². The van der Waals surface area contributed by atoms with Gasteiger partial charge < -0.3 is 5.32 Å². The van der Waals surface area contributed by atoms with E-state index in [-0.39, 0.29) is 6.73 Å². The Bertz CT molecular complexity index is 222. The molecule has 0 spiro atoms. The van der Waals surface area contributed by atoms with Gasteiger partial charge in [0.25, 0.3) is 0 Å². The van der Waals surface area contributed by atoms with E-state index in [1.54, 1.807) is 6.20 Å². The van der Waals surface area contributed by atoms with Gasteiger partial charge in [-0.05, 0) is 0 Å². The van der Waals surface area contributed by atoms with Crippen LogP contribution in [0.15, 0.2) is 18.2 Å². The Morgan fingerprint density at radius 2 is 2.73 bits per heavy atom. The van der Waals surface area contributed by atoms with E-state index in [2.05, 4.69) is 21.8 Å². The lowest BCUT2D eigenvalue weighted by molar-refractivity contribution is -0.244. The van der Waals surface area contributed by atoms with E-state index in [0.717, 1.165) is 5.01 Å². The van der Waals surface area contributed by atoms with Crippen molar-refractivity contribution in [3.05, 3.63) is 23.2 Å². The Morgan fingerprint density at radius 1 is 1.91 bits per heavy atom. The van der Waals surface area contributed by atoms with Crippen LogP contribution in [0.25, 0.3) is 5.70 Å². The Kier molecular flexibility index (Phi) is 3.03. The van der Waals surface area contributed by atoms with Crippen molar-refractivity contribution in [3.63, 3.8) is 0 Å². The lowest BCUT2D eigenvalue weighted by Crippen LogP contribution is -2.14. The second-order valence-corrected chi connectivity index (χ2v) is 2.66. The van der Waals surface area contributed by atoms with Crippen molar-refractivity contribution >= 4 is 17.0 Å². The fraction of sp³-hybridized carbons (Fsp3) is 0.167. The van der Waals surface area contributed by atoms with Gasteiger partial charge in [-0.2, -0.15) is 0 Å². The molecule has 0 saturated carbocycles. The molecule has 1 rings (SSSR count). The van der Waals surface area contributed by atoms with E-state index in [0.29, 0.717) is 5.70 Å². The third-order valence-electron chi connectivity index (χ3n) is 1.04. The summed E-state index contributed by atoms with van der Waals surface area (Å²) in [5, 5.41) is 13.4. The maximum absolute atomic E-state index is 7.99.